The Hall–Kier alpha value is -2.08. The number of nitrogens with zero attached hydrogens (tertiary/aromatic N) is 3. The fourth-order valence-corrected chi connectivity index (χ4v) is 4.37. The fraction of sp³-hybridized carbons (Fsp3) is 0.579. The van der Waals surface area contributed by atoms with E-state index in [1.807, 2.05) is 23.1 Å². The summed E-state index contributed by atoms with van der Waals surface area (Å²) >= 11 is 0. The first-order chi connectivity index (χ1) is 12.1. The van der Waals surface area contributed by atoms with Gasteiger partial charge in [0.1, 0.15) is 0 Å². The highest BCUT2D eigenvalue weighted by atomic mass is 16.4. The Morgan fingerprint density at radius 3 is 2.72 bits per heavy atom. The van der Waals surface area contributed by atoms with Crippen molar-refractivity contribution in [2.24, 2.45) is 0 Å². The van der Waals surface area contributed by atoms with E-state index in [1.54, 1.807) is 0 Å². The Labute approximate surface area is 148 Å². The first-order valence-electron chi connectivity index (χ1n) is 9.25. The number of rotatable bonds is 1. The molecule has 3 heterocycles. The average molecular weight is 343 g/mol. The molecule has 6 nitrogen and oxygen atoms in total. The molecule has 0 spiro atoms. The van der Waals surface area contributed by atoms with E-state index in [9.17, 15) is 9.59 Å². The van der Waals surface area contributed by atoms with Crippen LogP contribution in [0, 0.1) is 0 Å². The van der Waals surface area contributed by atoms with Crippen LogP contribution in [0.15, 0.2) is 18.2 Å². The van der Waals surface area contributed by atoms with E-state index in [2.05, 4.69) is 4.90 Å². The third-order valence-electron chi connectivity index (χ3n) is 5.86. The summed E-state index contributed by atoms with van der Waals surface area (Å²) in [5, 5.41) is 9.13. The Morgan fingerprint density at radius 2 is 1.88 bits per heavy atom. The summed E-state index contributed by atoms with van der Waals surface area (Å²) in [6.07, 6.45) is 3.54. The van der Waals surface area contributed by atoms with Crippen LogP contribution in [-0.2, 0) is 13.0 Å². The van der Waals surface area contributed by atoms with Gasteiger partial charge in [0.15, 0.2) is 0 Å². The quantitative estimate of drug-likeness (QED) is 0.847. The summed E-state index contributed by atoms with van der Waals surface area (Å²) in [5.41, 5.74) is 2.87. The molecule has 0 bridgehead atoms. The van der Waals surface area contributed by atoms with Crippen LogP contribution in [0.2, 0.25) is 0 Å². The van der Waals surface area contributed by atoms with Gasteiger partial charge in [0, 0.05) is 44.3 Å². The maximum atomic E-state index is 12.9. The van der Waals surface area contributed by atoms with Gasteiger partial charge >= 0.3 is 6.09 Å². The van der Waals surface area contributed by atoms with Crippen molar-refractivity contribution in [3.8, 4) is 0 Å². The summed E-state index contributed by atoms with van der Waals surface area (Å²) in [6, 6.07) is 6.28. The van der Waals surface area contributed by atoms with E-state index in [-0.39, 0.29) is 5.91 Å². The van der Waals surface area contributed by atoms with Gasteiger partial charge in [0.05, 0.1) is 0 Å². The predicted octanol–water partition coefficient (Wildman–Crippen LogP) is 2.03. The average Bonchev–Trinajstić information content (AvgIpc) is 2.66. The maximum Gasteiger partial charge on any atom is 0.407 e. The van der Waals surface area contributed by atoms with E-state index < -0.39 is 6.09 Å². The first-order valence-corrected chi connectivity index (χ1v) is 9.25. The number of amides is 2. The number of carbonyl (C=O) groups is 2. The van der Waals surface area contributed by atoms with Crippen LogP contribution in [-0.4, -0.2) is 70.6 Å². The molecule has 2 amide bonds. The van der Waals surface area contributed by atoms with Gasteiger partial charge in [0.2, 0.25) is 0 Å². The van der Waals surface area contributed by atoms with E-state index in [4.69, 9.17) is 5.11 Å². The number of benzene rings is 1. The minimum atomic E-state index is -0.879. The second kappa shape index (κ2) is 6.67. The lowest BCUT2D eigenvalue weighted by Crippen LogP contribution is -2.56. The second-order valence-corrected chi connectivity index (χ2v) is 7.37. The van der Waals surface area contributed by atoms with Crippen molar-refractivity contribution in [2.45, 2.75) is 38.3 Å². The Kier molecular flexibility index (Phi) is 4.37. The lowest BCUT2D eigenvalue weighted by atomic mass is 9.96. The molecule has 134 valence electrons. The van der Waals surface area contributed by atoms with Gasteiger partial charge in [-0.2, -0.15) is 0 Å². The summed E-state index contributed by atoms with van der Waals surface area (Å²) in [5.74, 6) is 0.119. The standard InChI is InChI=1S/C19H25N3O3/c23-18(21-10-9-20-7-2-1-3-17(20)13-21)15-4-5-16-12-22(19(24)25)8-6-14(16)11-15/h4-5,11,17H,1-3,6-10,12-13H2,(H,24,25). The summed E-state index contributed by atoms with van der Waals surface area (Å²) < 4.78 is 0. The van der Waals surface area contributed by atoms with Gasteiger partial charge in [-0.15, -0.1) is 0 Å². The second-order valence-electron chi connectivity index (χ2n) is 7.37. The predicted molar refractivity (Wildman–Crippen MR) is 93.7 cm³/mol. The number of fused-ring (bicyclic) bond motifs is 2. The molecule has 3 aliphatic heterocycles. The van der Waals surface area contributed by atoms with Crippen LogP contribution in [0.5, 0.6) is 0 Å². The van der Waals surface area contributed by atoms with Crippen LogP contribution >= 0.6 is 0 Å². The number of hydrogen-bond acceptors (Lipinski definition) is 3. The normalized spacial score (nSPS) is 23.8. The number of piperazine rings is 1. The molecule has 1 aromatic carbocycles. The van der Waals surface area contributed by atoms with Crippen molar-refractivity contribution in [3.63, 3.8) is 0 Å². The van der Waals surface area contributed by atoms with Gasteiger partial charge in [-0.1, -0.05) is 12.5 Å². The first kappa shape index (κ1) is 16.4. The Balaban J connectivity index is 1.47. The van der Waals surface area contributed by atoms with Crippen molar-refractivity contribution in [1.29, 1.82) is 0 Å². The topological polar surface area (TPSA) is 64.1 Å². The van der Waals surface area contributed by atoms with Crippen molar-refractivity contribution in [3.05, 3.63) is 34.9 Å². The maximum absolute atomic E-state index is 12.9. The molecule has 1 unspecified atom stereocenters. The zero-order valence-corrected chi connectivity index (χ0v) is 14.5. The van der Waals surface area contributed by atoms with Crippen LogP contribution in [0.25, 0.3) is 0 Å². The SMILES string of the molecule is O=C(O)N1CCc2cc(C(=O)N3CCN4CCCCC4C3)ccc2C1. The fourth-order valence-electron chi connectivity index (χ4n) is 4.37. The molecule has 2 fully saturated rings. The lowest BCUT2D eigenvalue weighted by molar-refractivity contribution is 0.0372. The van der Waals surface area contributed by atoms with E-state index in [0.29, 0.717) is 25.6 Å². The van der Waals surface area contributed by atoms with Gasteiger partial charge < -0.3 is 14.9 Å². The molecular formula is C19H25N3O3. The van der Waals surface area contributed by atoms with E-state index in [1.165, 1.54) is 30.7 Å². The molecule has 0 aromatic heterocycles. The Bertz CT molecular complexity index is 690. The van der Waals surface area contributed by atoms with Gasteiger partial charge in [-0.25, -0.2) is 4.79 Å². The molecule has 2 saturated heterocycles. The number of carboxylic acid groups (broad SMARTS) is 1. The minimum absolute atomic E-state index is 0.119. The molecule has 0 radical (unpaired) electrons. The van der Waals surface area contributed by atoms with Gasteiger partial charge in [-0.3, -0.25) is 9.69 Å². The minimum Gasteiger partial charge on any atom is -0.465 e. The number of hydrogen-bond donors (Lipinski definition) is 1. The van der Waals surface area contributed by atoms with Crippen molar-refractivity contribution in [2.75, 3.05) is 32.7 Å². The molecule has 0 aliphatic carbocycles. The highest BCUT2D eigenvalue weighted by molar-refractivity contribution is 5.94. The van der Waals surface area contributed by atoms with Crippen LogP contribution in [0.1, 0.15) is 40.7 Å². The zero-order chi connectivity index (χ0) is 17.4. The van der Waals surface area contributed by atoms with Gasteiger partial charge in [0.25, 0.3) is 5.91 Å². The van der Waals surface area contributed by atoms with Gasteiger partial charge in [-0.05, 0) is 49.1 Å². The zero-order valence-electron chi connectivity index (χ0n) is 14.5. The molecular weight excluding hydrogens is 318 g/mol. The third-order valence-corrected chi connectivity index (χ3v) is 5.86. The van der Waals surface area contributed by atoms with E-state index >= 15 is 0 Å². The van der Waals surface area contributed by atoms with E-state index in [0.717, 1.165) is 36.3 Å². The molecule has 1 N–H and O–H groups in total. The number of carbonyl (C=O) groups excluding carboxylic acids is 1. The largest absolute Gasteiger partial charge is 0.465 e. The molecule has 25 heavy (non-hydrogen) atoms. The molecule has 1 aromatic rings. The van der Waals surface area contributed by atoms with Crippen LogP contribution < -0.4 is 0 Å². The van der Waals surface area contributed by atoms with Crippen molar-refractivity contribution < 1.29 is 14.7 Å². The Morgan fingerprint density at radius 1 is 1.00 bits per heavy atom. The molecule has 6 heteroatoms. The molecule has 1 atom stereocenters. The summed E-state index contributed by atoms with van der Waals surface area (Å²) in [7, 11) is 0. The van der Waals surface area contributed by atoms with Crippen molar-refractivity contribution >= 4 is 12.0 Å². The van der Waals surface area contributed by atoms with Crippen LogP contribution in [0.3, 0.4) is 0 Å². The lowest BCUT2D eigenvalue weighted by Gasteiger charge is -2.44. The smallest absolute Gasteiger partial charge is 0.407 e. The summed E-state index contributed by atoms with van der Waals surface area (Å²) in [6.45, 7) is 4.71. The third kappa shape index (κ3) is 3.23. The molecule has 4 rings (SSSR count). The van der Waals surface area contributed by atoms with Crippen LogP contribution in [0.4, 0.5) is 4.79 Å². The van der Waals surface area contributed by atoms with Crippen molar-refractivity contribution in [1.82, 2.24) is 14.7 Å². The summed E-state index contributed by atoms with van der Waals surface area (Å²) in [4.78, 5) is 30.0. The number of piperidine rings is 1. The molecule has 0 saturated carbocycles. The monoisotopic (exact) mass is 343 g/mol. The molecule has 3 aliphatic rings. The highest BCUT2D eigenvalue weighted by Crippen LogP contribution is 2.24. The highest BCUT2D eigenvalue weighted by Gasteiger charge is 2.31.